The smallest absolute Gasteiger partial charge is 0.208 e. The number of sulfonamides is 1. The predicted octanol–water partition coefficient (Wildman–Crippen LogP) is 0.612. The molecule has 1 aromatic heterocycles. The van der Waals surface area contributed by atoms with E-state index in [0.717, 1.165) is 32.5 Å². The first kappa shape index (κ1) is 15.9. The first-order chi connectivity index (χ1) is 10.4. The van der Waals surface area contributed by atoms with Crippen molar-refractivity contribution in [3.8, 4) is 0 Å². The Kier molecular flexibility index (Phi) is 4.49. The fourth-order valence-corrected chi connectivity index (χ4v) is 3.77. The summed E-state index contributed by atoms with van der Waals surface area (Å²) in [5.41, 5.74) is 1.22. The van der Waals surface area contributed by atoms with Crippen LogP contribution in [0.1, 0.15) is 18.4 Å². The first-order valence-electron chi connectivity index (χ1n) is 7.64. The van der Waals surface area contributed by atoms with Crippen molar-refractivity contribution in [2.45, 2.75) is 25.0 Å². The molecule has 3 heterocycles. The van der Waals surface area contributed by atoms with Gasteiger partial charge in [-0.3, -0.25) is 9.88 Å². The van der Waals surface area contributed by atoms with E-state index in [-0.39, 0.29) is 11.5 Å². The molecule has 0 radical (unpaired) electrons. The molecule has 2 saturated heterocycles. The summed E-state index contributed by atoms with van der Waals surface area (Å²) in [5, 5.41) is 0. The second kappa shape index (κ2) is 6.23. The standard InChI is InChI=1S/C15H23N3O3S/c1-22(19,20)17-8-14-4-5-15(21-10-14)11-18(12-15)9-13-3-2-6-16-7-13/h2-3,6-7,14,17H,4-5,8-12H2,1H3/t14-/m0/s1. The van der Waals surface area contributed by atoms with Gasteiger partial charge < -0.3 is 4.74 Å². The Morgan fingerprint density at radius 2 is 2.32 bits per heavy atom. The number of nitrogens with one attached hydrogen (secondary N) is 1. The number of hydrogen-bond acceptors (Lipinski definition) is 5. The molecule has 122 valence electrons. The molecule has 1 N–H and O–H groups in total. The van der Waals surface area contributed by atoms with Crippen LogP contribution in [0.2, 0.25) is 0 Å². The largest absolute Gasteiger partial charge is 0.372 e. The minimum absolute atomic E-state index is 0.0101. The highest BCUT2D eigenvalue weighted by Crippen LogP contribution is 2.36. The van der Waals surface area contributed by atoms with Crippen LogP contribution in [0.25, 0.3) is 0 Å². The Morgan fingerprint density at radius 1 is 1.50 bits per heavy atom. The van der Waals surface area contributed by atoms with Crippen LogP contribution < -0.4 is 4.72 Å². The van der Waals surface area contributed by atoms with Gasteiger partial charge >= 0.3 is 0 Å². The van der Waals surface area contributed by atoms with Gasteiger partial charge in [-0.25, -0.2) is 13.1 Å². The average Bonchev–Trinajstić information content (AvgIpc) is 2.45. The predicted molar refractivity (Wildman–Crippen MR) is 83.8 cm³/mol. The monoisotopic (exact) mass is 325 g/mol. The van der Waals surface area contributed by atoms with E-state index in [0.29, 0.717) is 13.2 Å². The van der Waals surface area contributed by atoms with Gasteiger partial charge in [-0.2, -0.15) is 0 Å². The van der Waals surface area contributed by atoms with Crippen molar-refractivity contribution in [2.75, 3.05) is 32.5 Å². The topological polar surface area (TPSA) is 71.5 Å². The van der Waals surface area contributed by atoms with Crippen LogP contribution in [0, 0.1) is 5.92 Å². The van der Waals surface area contributed by atoms with Gasteiger partial charge in [0.05, 0.1) is 18.5 Å². The van der Waals surface area contributed by atoms with Gasteiger partial charge in [0, 0.05) is 38.6 Å². The molecule has 6 nitrogen and oxygen atoms in total. The zero-order valence-electron chi connectivity index (χ0n) is 12.9. The zero-order valence-corrected chi connectivity index (χ0v) is 13.7. The lowest BCUT2D eigenvalue weighted by atomic mass is 9.83. The maximum atomic E-state index is 11.1. The van der Waals surface area contributed by atoms with Gasteiger partial charge in [-0.1, -0.05) is 6.07 Å². The zero-order chi connectivity index (χ0) is 15.6. The van der Waals surface area contributed by atoms with Crippen molar-refractivity contribution in [2.24, 2.45) is 5.92 Å². The molecule has 0 aromatic carbocycles. The summed E-state index contributed by atoms with van der Waals surface area (Å²) in [6, 6.07) is 4.05. The lowest BCUT2D eigenvalue weighted by molar-refractivity contribution is -0.181. The van der Waals surface area contributed by atoms with E-state index >= 15 is 0 Å². The molecule has 0 unspecified atom stereocenters. The Hall–Kier alpha value is -1.02. The van der Waals surface area contributed by atoms with Crippen LogP contribution in [0.15, 0.2) is 24.5 Å². The quantitative estimate of drug-likeness (QED) is 0.859. The third-order valence-electron chi connectivity index (χ3n) is 4.42. The number of likely N-dealkylation sites (tertiary alicyclic amines) is 1. The van der Waals surface area contributed by atoms with Crippen LogP contribution in [-0.2, 0) is 21.3 Å². The second-order valence-electron chi connectivity index (χ2n) is 6.53. The van der Waals surface area contributed by atoms with Crippen LogP contribution in [0.3, 0.4) is 0 Å². The first-order valence-corrected chi connectivity index (χ1v) is 9.53. The maximum absolute atomic E-state index is 11.1. The number of pyridine rings is 1. The van der Waals surface area contributed by atoms with Gasteiger partial charge in [0.1, 0.15) is 0 Å². The average molecular weight is 325 g/mol. The highest BCUT2D eigenvalue weighted by atomic mass is 32.2. The minimum Gasteiger partial charge on any atom is -0.372 e. The highest BCUT2D eigenvalue weighted by Gasteiger charge is 2.46. The molecule has 1 spiro atoms. The normalized spacial score (nSPS) is 25.0. The summed E-state index contributed by atoms with van der Waals surface area (Å²) in [4.78, 5) is 6.50. The molecule has 7 heteroatoms. The van der Waals surface area contributed by atoms with Crippen LogP contribution in [0.4, 0.5) is 0 Å². The van der Waals surface area contributed by atoms with E-state index in [4.69, 9.17) is 4.74 Å². The van der Waals surface area contributed by atoms with E-state index in [1.165, 1.54) is 11.8 Å². The van der Waals surface area contributed by atoms with E-state index in [9.17, 15) is 8.42 Å². The third-order valence-corrected chi connectivity index (χ3v) is 5.11. The van der Waals surface area contributed by atoms with Gasteiger partial charge in [0.2, 0.25) is 10.0 Å². The highest BCUT2D eigenvalue weighted by molar-refractivity contribution is 7.88. The Bertz CT molecular complexity index is 590. The van der Waals surface area contributed by atoms with Gasteiger partial charge in [-0.15, -0.1) is 0 Å². The van der Waals surface area contributed by atoms with Crippen molar-refractivity contribution in [1.29, 1.82) is 0 Å². The SMILES string of the molecule is CS(=O)(=O)NC[C@@H]1CCC2(CN(Cc3cccnc3)C2)OC1. The van der Waals surface area contributed by atoms with Crippen molar-refractivity contribution in [1.82, 2.24) is 14.6 Å². The summed E-state index contributed by atoms with van der Waals surface area (Å²) in [6.45, 7) is 3.94. The van der Waals surface area contributed by atoms with Gasteiger partial charge in [-0.05, 0) is 30.4 Å². The molecule has 3 rings (SSSR count). The lowest BCUT2D eigenvalue weighted by Crippen LogP contribution is -2.64. The molecule has 2 fully saturated rings. The fraction of sp³-hybridized carbons (Fsp3) is 0.667. The molecule has 0 aliphatic carbocycles. The summed E-state index contributed by atoms with van der Waals surface area (Å²) in [5.74, 6) is 0.285. The number of hydrogen-bond donors (Lipinski definition) is 1. The molecule has 1 aromatic rings. The van der Waals surface area contributed by atoms with Gasteiger partial charge in [0.15, 0.2) is 0 Å². The van der Waals surface area contributed by atoms with Crippen LogP contribution >= 0.6 is 0 Å². The minimum atomic E-state index is -3.11. The van der Waals surface area contributed by atoms with E-state index in [1.807, 2.05) is 12.3 Å². The number of nitrogens with zero attached hydrogens (tertiary/aromatic N) is 2. The molecule has 22 heavy (non-hydrogen) atoms. The summed E-state index contributed by atoms with van der Waals surface area (Å²) in [7, 11) is -3.11. The summed E-state index contributed by atoms with van der Waals surface area (Å²) in [6.07, 6.45) is 6.91. The molecule has 0 saturated carbocycles. The van der Waals surface area contributed by atoms with E-state index < -0.39 is 10.0 Å². The number of ether oxygens (including phenoxy) is 1. The van der Waals surface area contributed by atoms with Crippen molar-refractivity contribution >= 4 is 10.0 Å². The van der Waals surface area contributed by atoms with Crippen molar-refractivity contribution < 1.29 is 13.2 Å². The number of rotatable bonds is 5. The molecule has 2 aliphatic rings. The number of aromatic nitrogens is 1. The summed E-state index contributed by atoms with van der Waals surface area (Å²) >= 11 is 0. The molecular weight excluding hydrogens is 302 g/mol. The van der Waals surface area contributed by atoms with E-state index in [1.54, 1.807) is 6.20 Å². The Balaban J connectivity index is 1.41. The molecular formula is C15H23N3O3S. The van der Waals surface area contributed by atoms with Crippen molar-refractivity contribution in [3.63, 3.8) is 0 Å². The summed E-state index contributed by atoms with van der Waals surface area (Å²) < 4.78 is 30.9. The lowest BCUT2D eigenvalue weighted by Gasteiger charge is -2.53. The van der Waals surface area contributed by atoms with Gasteiger partial charge in [0.25, 0.3) is 0 Å². The fourth-order valence-electron chi connectivity index (χ4n) is 3.23. The Labute approximate surface area is 131 Å². The second-order valence-corrected chi connectivity index (χ2v) is 8.36. The van der Waals surface area contributed by atoms with Crippen LogP contribution in [-0.4, -0.2) is 56.4 Å². The van der Waals surface area contributed by atoms with Crippen molar-refractivity contribution in [3.05, 3.63) is 30.1 Å². The third kappa shape index (κ3) is 4.04. The Morgan fingerprint density at radius 3 is 2.91 bits per heavy atom. The maximum Gasteiger partial charge on any atom is 0.208 e. The molecule has 2 aliphatic heterocycles. The van der Waals surface area contributed by atoms with E-state index in [2.05, 4.69) is 20.7 Å². The molecule has 1 atom stereocenters. The van der Waals surface area contributed by atoms with Crippen LogP contribution in [0.5, 0.6) is 0 Å². The molecule has 0 amide bonds. The molecule has 0 bridgehead atoms.